The SMILES string of the molecule is CC1(NC(=O)c2ccnc(N)c2F)CCOCC1. The zero-order valence-electron chi connectivity index (χ0n) is 10.2. The fourth-order valence-corrected chi connectivity index (χ4v) is 1.92. The van der Waals surface area contributed by atoms with Crippen molar-refractivity contribution in [1.29, 1.82) is 0 Å². The van der Waals surface area contributed by atoms with Gasteiger partial charge >= 0.3 is 0 Å². The largest absolute Gasteiger partial charge is 0.381 e. The first-order valence-corrected chi connectivity index (χ1v) is 5.82. The zero-order valence-corrected chi connectivity index (χ0v) is 10.2. The highest BCUT2D eigenvalue weighted by Gasteiger charge is 2.30. The van der Waals surface area contributed by atoms with E-state index in [1.807, 2.05) is 6.92 Å². The highest BCUT2D eigenvalue weighted by molar-refractivity contribution is 5.95. The number of nitrogens with one attached hydrogen (secondary N) is 1. The predicted octanol–water partition coefficient (Wildman–Crippen LogP) is 1.10. The second-order valence-electron chi connectivity index (χ2n) is 4.68. The van der Waals surface area contributed by atoms with Crippen LogP contribution in [0.25, 0.3) is 0 Å². The van der Waals surface area contributed by atoms with Crippen molar-refractivity contribution in [3.63, 3.8) is 0 Å². The summed E-state index contributed by atoms with van der Waals surface area (Å²) in [5, 5.41) is 2.84. The number of ether oxygens (including phenoxy) is 1. The highest BCUT2D eigenvalue weighted by Crippen LogP contribution is 2.21. The smallest absolute Gasteiger partial charge is 0.254 e. The molecule has 98 valence electrons. The number of aromatic nitrogens is 1. The Morgan fingerprint density at radius 2 is 2.22 bits per heavy atom. The molecule has 0 unspecified atom stereocenters. The van der Waals surface area contributed by atoms with Crippen LogP contribution in [0.15, 0.2) is 12.3 Å². The van der Waals surface area contributed by atoms with E-state index >= 15 is 0 Å². The quantitative estimate of drug-likeness (QED) is 0.827. The van der Waals surface area contributed by atoms with Gasteiger partial charge in [0.05, 0.1) is 5.56 Å². The summed E-state index contributed by atoms with van der Waals surface area (Å²) in [6, 6.07) is 1.32. The molecule has 1 saturated heterocycles. The molecule has 3 N–H and O–H groups in total. The number of carbonyl (C=O) groups excluding carboxylic acids is 1. The summed E-state index contributed by atoms with van der Waals surface area (Å²) >= 11 is 0. The molecule has 2 rings (SSSR count). The molecule has 0 bridgehead atoms. The van der Waals surface area contributed by atoms with Crippen LogP contribution in [-0.4, -0.2) is 29.6 Å². The topological polar surface area (TPSA) is 77.2 Å². The van der Waals surface area contributed by atoms with Crippen LogP contribution in [0.1, 0.15) is 30.1 Å². The third kappa shape index (κ3) is 2.59. The lowest BCUT2D eigenvalue weighted by Crippen LogP contribution is -2.49. The van der Waals surface area contributed by atoms with Crippen LogP contribution >= 0.6 is 0 Å². The van der Waals surface area contributed by atoms with Gasteiger partial charge in [-0.15, -0.1) is 0 Å². The minimum absolute atomic E-state index is 0.0739. The number of nitrogen functional groups attached to an aromatic ring is 1. The molecule has 1 aromatic heterocycles. The molecule has 0 aromatic carbocycles. The maximum Gasteiger partial charge on any atom is 0.254 e. The van der Waals surface area contributed by atoms with E-state index in [2.05, 4.69) is 10.3 Å². The molecule has 0 spiro atoms. The van der Waals surface area contributed by atoms with Gasteiger partial charge in [-0.25, -0.2) is 9.37 Å². The summed E-state index contributed by atoms with van der Waals surface area (Å²) < 4.78 is 18.9. The molecule has 1 aliphatic heterocycles. The van der Waals surface area contributed by atoms with Crippen molar-refractivity contribution in [3.05, 3.63) is 23.6 Å². The van der Waals surface area contributed by atoms with Gasteiger partial charge in [0.15, 0.2) is 11.6 Å². The Balaban J connectivity index is 2.14. The molecule has 2 heterocycles. The summed E-state index contributed by atoms with van der Waals surface area (Å²) in [5.41, 5.74) is 4.90. The molecule has 0 atom stereocenters. The second kappa shape index (κ2) is 4.89. The van der Waals surface area contributed by atoms with E-state index in [9.17, 15) is 9.18 Å². The molecule has 6 heteroatoms. The number of nitrogens with zero attached hydrogens (tertiary/aromatic N) is 1. The molecular formula is C12H16FN3O2. The van der Waals surface area contributed by atoms with Crippen molar-refractivity contribution in [2.45, 2.75) is 25.3 Å². The van der Waals surface area contributed by atoms with Crippen LogP contribution in [-0.2, 0) is 4.74 Å². The molecule has 1 amide bonds. The first kappa shape index (κ1) is 12.8. The molecule has 18 heavy (non-hydrogen) atoms. The van der Waals surface area contributed by atoms with Crippen LogP contribution in [0.3, 0.4) is 0 Å². The Hall–Kier alpha value is -1.69. The summed E-state index contributed by atoms with van der Waals surface area (Å²) in [7, 11) is 0. The van der Waals surface area contributed by atoms with Crippen LogP contribution in [0, 0.1) is 5.82 Å². The minimum atomic E-state index is -0.773. The van der Waals surface area contributed by atoms with E-state index in [1.54, 1.807) is 0 Å². The van der Waals surface area contributed by atoms with Crippen LogP contribution < -0.4 is 11.1 Å². The number of hydrogen-bond donors (Lipinski definition) is 2. The fraction of sp³-hybridized carbons (Fsp3) is 0.500. The standard InChI is InChI=1S/C12H16FN3O2/c1-12(3-6-18-7-4-12)16-11(17)8-2-5-15-10(14)9(8)13/h2,5H,3-4,6-7H2,1H3,(H2,14,15)(H,16,17). The van der Waals surface area contributed by atoms with Gasteiger partial charge < -0.3 is 15.8 Å². The van der Waals surface area contributed by atoms with Gasteiger partial charge in [0.2, 0.25) is 0 Å². The summed E-state index contributed by atoms with van der Waals surface area (Å²) in [6.45, 7) is 3.12. The Kier molecular flexibility index (Phi) is 3.47. The van der Waals surface area contributed by atoms with Gasteiger partial charge in [-0.1, -0.05) is 0 Å². The van der Waals surface area contributed by atoms with Crippen molar-refractivity contribution in [3.8, 4) is 0 Å². The average Bonchev–Trinajstić information content (AvgIpc) is 2.33. The lowest BCUT2D eigenvalue weighted by molar-refractivity contribution is 0.0421. The van der Waals surface area contributed by atoms with Gasteiger partial charge in [0.25, 0.3) is 5.91 Å². The average molecular weight is 253 g/mol. The van der Waals surface area contributed by atoms with E-state index in [0.29, 0.717) is 26.1 Å². The number of nitrogens with two attached hydrogens (primary N) is 1. The second-order valence-corrected chi connectivity index (χ2v) is 4.68. The van der Waals surface area contributed by atoms with E-state index in [4.69, 9.17) is 10.5 Å². The summed E-state index contributed by atoms with van der Waals surface area (Å²) in [5.74, 6) is -1.50. The van der Waals surface area contributed by atoms with E-state index in [0.717, 1.165) is 0 Å². The fourth-order valence-electron chi connectivity index (χ4n) is 1.92. The van der Waals surface area contributed by atoms with Crippen molar-refractivity contribution < 1.29 is 13.9 Å². The molecule has 1 fully saturated rings. The Bertz CT molecular complexity index is 459. The molecule has 0 radical (unpaired) electrons. The Labute approximate surface area is 105 Å². The molecule has 5 nitrogen and oxygen atoms in total. The lowest BCUT2D eigenvalue weighted by Gasteiger charge is -2.34. The summed E-state index contributed by atoms with van der Waals surface area (Å²) in [6.07, 6.45) is 2.74. The van der Waals surface area contributed by atoms with Gasteiger partial charge in [-0.05, 0) is 25.8 Å². The molecule has 1 aliphatic rings. The van der Waals surface area contributed by atoms with Gasteiger partial charge in [0.1, 0.15) is 0 Å². The Morgan fingerprint density at radius 3 is 2.89 bits per heavy atom. The zero-order chi connectivity index (χ0) is 13.2. The first-order chi connectivity index (χ1) is 8.52. The Morgan fingerprint density at radius 1 is 1.56 bits per heavy atom. The van der Waals surface area contributed by atoms with Gasteiger partial charge in [-0.2, -0.15) is 0 Å². The number of rotatable bonds is 2. The van der Waals surface area contributed by atoms with Crippen LogP contribution in [0.5, 0.6) is 0 Å². The number of halogens is 1. The van der Waals surface area contributed by atoms with Crippen LogP contribution in [0.2, 0.25) is 0 Å². The number of pyridine rings is 1. The first-order valence-electron chi connectivity index (χ1n) is 5.82. The minimum Gasteiger partial charge on any atom is -0.381 e. The highest BCUT2D eigenvalue weighted by atomic mass is 19.1. The molecule has 0 aliphatic carbocycles. The third-order valence-electron chi connectivity index (χ3n) is 3.17. The molecule has 1 aromatic rings. The monoisotopic (exact) mass is 253 g/mol. The van der Waals surface area contributed by atoms with Gasteiger partial charge in [0, 0.05) is 24.9 Å². The predicted molar refractivity (Wildman–Crippen MR) is 64.5 cm³/mol. The normalized spacial score (nSPS) is 18.3. The van der Waals surface area contributed by atoms with Crippen LogP contribution in [0.4, 0.5) is 10.2 Å². The van der Waals surface area contributed by atoms with Crippen molar-refractivity contribution in [1.82, 2.24) is 10.3 Å². The van der Waals surface area contributed by atoms with Gasteiger partial charge in [-0.3, -0.25) is 4.79 Å². The number of hydrogen-bond acceptors (Lipinski definition) is 4. The number of carbonyl (C=O) groups is 1. The number of anilines is 1. The third-order valence-corrected chi connectivity index (χ3v) is 3.17. The lowest BCUT2D eigenvalue weighted by atomic mass is 9.92. The maximum atomic E-state index is 13.7. The molecular weight excluding hydrogens is 237 g/mol. The summed E-state index contributed by atoms with van der Waals surface area (Å²) in [4.78, 5) is 15.6. The van der Waals surface area contributed by atoms with E-state index < -0.39 is 11.7 Å². The van der Waals surface area contributed by atoms with E-state index in [1.165, 1.54) is 12.3 Å². The maximum absolute atomic E-state index is 13.7. The molecule has 0 saturated carbocycles. The number of amides is 1. The van der Waals surface area contributed by atoms with E-state index in [-0.39, 0.29) is 16.9 Å². The van der Waals surface area contributed by atoms with Crippen molar-refractivity contribution in [2.75, 3.05) is 18.9 Å². The van der Waals surface area contributed by atoms with Crippen molar-refractivity contribution in [2.24, 2.45) is 0 Å². The van der Waals surface area contributed by atoms with Crippen molar-refractivity contribution >= 4 is 11.7 Å².